The molecular weight excluding hydrogens is 258 g/mol. The summed E-state index contributed by atoms with van der Waals surface area (Å²) in [6.07, 6.45) is 0. The third-order valence-corrected chi connectivity index (χ3v) is 3.18. The van der Waals surface area contributed by atoms with Gasteiger partial charge >= 0.3 is 0 Å². The van der Waals surface area contributed by atoms with Gasteiger partial charge in [-0.15, -0.1) is 0 Å². The zero-order chi connectivity index (χ0) is 13.3. The van der Waals surface area contributed by atoms with E-state index in [4.69, 9.17) is 10.1 Å². The molecule has 0 saturated carbocycles. The van der Waals surface area contributed by atoms with Gasteiger partial charge < -0.3 is 5.11 Å². The minimum Gasteiger partial charge on any atom is -0.507 e. The zero-order valence-electron chi connectivity index (χ0n) is 8.85. The van der Waals surface area contributed by atoms with Crippen molar-refractivity contribution in [1.82, 2.24) is 0 Å². The van der Waals surface area contributed by atoms with Crippen LogP contribution in [0.25, 0.3) is 21.2 Å². The molecule has 0 aliphatic heterocycles. The summed E-state index contributed by atoms with van der Waals surface area (Å²) in [7, 11) is -4.41. The van der Waals surface area contributed by atoms with Gasteiger partial charge in [0.15, 0.2) is 0 Å². The predicted octanol–water partition coefficient (Wildman–Crippen LogP) is 2.73. The number of benzene rings is 2. The first kappa shape index (κ1) is 12.2. The van der Waals surface area contributed by atoms with E-state index in [1.807, 2.05) is 0 Å². The van der Waals surface area contributed by atoms with Gasteiger partial charge in [0.05, 0.1) is 4.90 Å². The molecule has 0 aliphatic carbocycles. The Labute approximate surface area is 102 Å². The molecule has 2 aromatic rings. The van der Waals surface area contributed by atoms with E-state index in [9.17, 15) is 13.5 Å². The highest BCUT2D eigenvalue weighted by molar-refractivity contribution is 7.85. The minimum absolute atomic E-state index is 0.275. The highest BCUT2D eigenvalue weighted by atomic mass is 32.2. The summed E-state index contributed by atoms with van der Waals surface area (Å²) in [6.45, 7) is 0. The molecule has 7 nitrogen and oxygen atoms in total. The number of aromatic hydroxyl groups is 1. The molecule has 0 bridgehead atoms. The van der Waals surface area contributed by atoms with E-state index in [1.54, 1.807) is 0 Å². The minimum atomic E-state index is -4.41. The Morgan fingerprint density at radius 3 is 2.56 bits per heavy atom. The van der Waals surface area contributed by atoms with Gasteiger partial charge in [0.1, 0.15) is 5.75 Å². The second-order valence-electron chi connectivity index (χ2n) is 3.51. The number of nitrogens with zero attached hydrogens (tertiary/aromatic N) is 3. The molecule has 0 saturated heterocycles. The van der Waals surface area contributed by atoms with Crippen LogP contribution in [0.4, 0.5) is 5.69 Å². The fourth-order valence-electron chi connectivity index (χ4n) is 1.57. The van der Waals surface area contributed by atoms with Gasteiger partial charge in [-0.1, -0.05) is 17.2 Å². The highest BCUT2D eigenvalue weighted by Crippen LogP contribution is 2.31. The van der Waals surface area contributed by atoms with Crippen LogP contribution < -0.4 is 0 Å². The fourth-order valence-corrected chi connectivity index (χ4v) is 2.11. The lowest BCUT2D eigenvalue weighted by Crippen LogP contribution is -1.97. The first-order valence-corrected chi connectivity index (χ1v) is 6.15. The fraction of sp³-hybridized carbons (Fsp3) is 0. The van der Waals surface area contributed by atoms with Gasteiger partial charge in [-0.05, 0) is 23.1 Å². The van der Waals surface area contributed by atoms with Crippen molar-refractivity contribution in [2.75, 3.05) is 0 Å². The molecule has 0 unspecified atom stereocenters. The van der Waals surface area contributed by atoms with Gasteiger partial charge in [0, 0.05) is 22.1 Å². The SMILES string of the molecule is [N-]=[N+]=Nc1ccc2c(O)cc(S(=O)(=O)O)cc2c1. The largest absolute Gasteiger partial charge is 0.507 e. The van der Waals surface area contributed by atoms with Crippen molar-refractivity contribution in [3.63, 3.8) is 0 Å². The Hall–Kier alpha value is -2.28. The summed E-state index contributed by atoms with van der Waals surface area (Å²) < 4.78 is 30.9. The smallest absolute Gasteiger partial charge is 0.294 e. The Morgan fingerprint density at radius 2 is 1.94 bits per heavy atom. The Morgan fingerprint density at radius 1 is 1.22 bits per heavy atom. The second kappa shape index (κ2) is 4.19. The number of phenolic OH excluding ortho intramolecular Hbond substituents is 1. The van der Waals surface area contributed by atoms with E-state index in [2.05, 4.69) is 10.0 Å². The normalized spacial score (nSPS) is 11.2. The topological polar surface area (TPSA) is 123 Å². The van der Waals surface area contributed by atoms with E-state index >= 15 is 0 Å². The molecule has 2 rings (SSSR count). The van der Waals surface area contributed by atoms with Crippen molar-refractivity contribution in [1.29, 1.82) is 0 Å². The second-order valence-corrected chi connectivity index (χ2v) is 4.93. The van der Waals surface area contributed by atoms with Crippen LogP contribution in [0, 0.1) is 0 Å². The Kier molecular flexibility index (Phi) is 2.84. The number of hydrogen-bond donors (Lipinski definition) is 2. The van der Waals surface area contributed by atoms with Crippen LogP contribution in [0.15, 0.2) is 40.3 Å². The number of phenols is 1. The van der Waals surface area contributed by atoms with Crippen LogP contribution in [0.1, 0.15) is 0 Å². The van der Waals surface area contributed by atoms with E-state index in [-0.39, 0.29) is 11.4 Å². The van der Waals surface area contributed by atoms with Gasteiger partial charge in [-0.2, -0.15) is 8.42 Å². The number of hydrogen-bond acceptors (Lipinski definition) is 4. The lowest BCUT2D eigenvalue weighted by Gasteiger charge is -2.04. The molecule has 2 aromatic carbocycles. The molecule has 0 spiro atoms. The van der Waals surface area contributed by atoms with Gasteiger partial charge in [0.25, 0.3) is 10.1 Å². The van der Waals surface area contributed by atoms with Gasteiger partial charge in [-0.25, -0.2) is 0 Å². The van der Waals surface area contributed by atoms with E-state index in [0.29, 0.717) is 10.8 Å². The van der Waals surface area contributed by atoms with E-state index in [1.165, 1.54) is 24.3 Å². The van der Waals surface area contributed by atoms with Gasteiger partial charge in [0.2, 0.25) is 0 Å². The molecule has 0 amide bonds. The van der Waals surface area contributed by atoms with Crippen LogP contribution in [0.5, 0.6) is 5.75 Å². The van der Waals surface area contributed by atoms with Gasteiger partial charge in [-0.3, -0.25) is 4.55 Å². The van der Waals surface area contributed by atoms with E-state index in [0.717, 1.165) is 6.07 Å². The quantitative estimate of drug-likeness (QED) is 0.375. The molecule has 18 heavy (non-hydrogen) atoms. The summed E-state index contributed by atoms with van der Waals surface area (Å²) in [4.78, 5) is 2.18. The summed E-state index contributed by atoms with van der Waals surface area (Å²) >= 11 is 0. The summed E-state index contributed by atoms with van der Waals surface area (Å²) in [5.41, 5.74) is 8.58. The number of fused-ring (bicyclic) bond motifs is 1. The summed E-state index contributed by atoms with van der Waals surface area (Å²) in [5.74, 6) is -0.285. The standard InChI is InChI=1S/C10H7N3O4S/c11-13-12-7-1-2-9-6(3-7)4-8(5-10(9)14)18(15,16)17/h1-5,14H,(H,15,16,17). The number of azide groups is 1. The molecule has 0 atom stereocenters. The molecule has 0 aromatic heterocycles. The van der Waals surface area contributed by atoms with Crippen LogP contribution in [-0.2, 0) is 10.1 Å². The van der Waals surface area contributed by atoms with Crippen molar-refractivity contribution in [2.24, 2.45) is 5.11 Å². The Balaban J connectivity index is 2.80. The highest BCUT2D eigenvalue weighted by Gasteiger charge is 2.13. The first-order chi connectivity index (χ1) is 8.41. The lowest BCUT2D eigenvalue weighted by atomic mass is 10.1. The third kappa shape index (κ3) is 2.21. The van der Waals surface area contributed by atoms with Crippen LogP contribution in [0.2, 0.25) is 0 Å². The van der Waals surface area contributed by atoms with Crippen molar-refractivity contribution in [3.05, 3.63) is 40.8 Å². The van der Waals surface area contributed by atoms with Crippen molar-refractivity contribution < 1.29 is 18.1 Å². The van der Waals surface area contributed by atoms with Crippen molar-refractivity contribution >= 4 is 26.6 Å². The molecular formula is C10H7N3O4S. The maximum Gasteiger partial charge on any atom is 0.294 e. The lowest BCUT2D eigenvalue weighted by molar-refractivity contribution is 0.471. The van der Waals surface area contributed by atoms with Crippen molar-refractivity contribution in [3.8, 4) is 5.75 Å². The maximum atomic E-state index is 11.0. The van der Waals surface area contributed by atoms with Crippen molar-refractivity contribution in [2.45, 2.75) is 4.90 Å². The molecule has 0 heterocycles. The first-order valence-electron chi connectivity index (χ1n) is 4.71. The zero-order valence-corrected chi connectivity index (χ0v) is 9.66. The third-order valence-electron chi connectivity index (χ3n) is 2.35. The molecule has 0 aliphatic rings. The molecule has 8 heteroatoms. The predicted molar refractivity (Wildman–Crippen MR) is 64.2 cm³/mol. The van der Waals surface area contributed by atoms with Crippen LogP contribution in [0.3, 0.4) is 0 Å². The van der Waals surface area contributed by atoms with Crippen LogP contribution >= 0.6 is 0 Å². The molecule has 2 N–H and O–H groups in total. The summed E-state index contributed by atoms with van der Waals surface area (Å²) in [5, 5.41) is 13.8. The molecule has 0 fully saturated rings. The Bertz CT molecular complexity index is 779. The molecule has 92 valence electrons. The average molecular weight is 265 g/mol. The van der Waals surface area contributed by atoms with Crippen LogP contribution in [-0.4, -0.2) is 18.1 Å². The molecule has 0 radical (unpaired) electrons. The monoisotopic (exact) mass is 265 g/mol. The number of rotatable bonds is 2. The van der Waals surface area contributed by atoms with E-state index < -0.39 is 15.0 Å². The maximum absolute atomic E-state index is 11.0. The summed E-state index contributed by atoms with van der Waals surface area (Å²) in [6, 6.07) is 6.51. The average Bonchev–Trinajstić information content (AvgIpc) is 2.27.